The van der Waals surface area contributed by atoms with Gasteiger partial charge in [-0.15, -0.1) is 6.58 Å². The molecule has 3 N–H and O–H groups in total. The van der Waals surface area contributed by atoms with Crippen molar-refractivity contribution in [3.63, 3.8) is 0 Å². The molecule has 0 radical (unpaired) electrons. The minimum atomic E-state index is -5.18. The number of hydrogen-bond donors (Lipinski definition) is 3. The molecule has 15 heteroatoms. The highest BCUT2D eigenvalue weighted by Crippen LogP contribution is 2.33. The molecule has 0 aliphatic heterocycles. The summed E-state index contributed by atoms with van der Waals surface area (Å²) in [7, 11) is -0.276. The Balaban J connectivity index is 2.60. The van der Waals surface area contributed by atoms with Crippen LogP contribution in [0.5, 0.6) is 0 Å². The Labute approximate surface area is 250 Å². The van der Waals surface area contributed by atoms with E-state index in [4.69, 9.17) is 9.47 Å². The number of aromatic nitrogens is 2. The lowest BCUT2D eigenvalue weighted by molar-refractivity contribution is -0.167. The van der Waals surface area contributed by atoms with Crippen LogP contribution >= 0.6 is 0 Å². The fraction of sp³-hybridized carbons (Fsp3) is 0.500. The molecular formula is C28H40F3N5O6Si. The van der Waals surface area contributed by atoms with E-state index in [0.717, 1.165) is 19.2 Å². The molecule has 0 aliphatic rings. The summed E-state index contributed by atoms with van der Waals surface area (Å²) < 4.78 is 57.1. The highest BCUT2D eigenvalue weighted by Gasteiger charge is 2.39. The number of rotatable bonds is 12. The van der Waals surface area contributed by atoms with Gasteiger partial charge in [0.1, 0.15) is 18.2 Å². The second-order valence-electron chi connectivity index (χ2n) is 11.9. The number of carbonyl (C=O) groups excluding carboxylic acids is 3. The number of anilines is 2. The lowest BCUT2D eigenvalue weighted by atomic mass is 10.1. The zero-order chi connectivity index (χ0) is 32.6. The zero-order valence-electron chi connectivity index (χ0n) is 25.5. The van der Waals surface area contributed by atoms with Crippen LogP contribution < -0.4 is 16.0 Å². The Hall–Kier alpha value is -3.85. The maximum Gasteiger partial charge on any atom is 0.471 e. The van der Waals surface area contributed by atoms with Crippen molar-refractivity contribution < 1.29 is 41.8 Å². The van der Waals surface area contributed by atoms with Crippen LogP contribution in [0.1, 0.15) is 39.1 Å². The molecule has 238 valence electrons. The Morgan fingerprint density at radius 2 is 1.79 bits per heavy atom. The molecule has 0 saturated heterocycles. The van der Waals surface area contributed by atoms with Gasteiger partial charge in [0.2, 0.25) is 0 Å². The number of ether oxygens (including phenoxy) is 3. The van der Waals surface area contributed by atoms with Crippen LogP contribution in [-0.2, 0) is 25.7 Å². The summed E-state index contributed by atoms with van der Waals surface area (Å²) in [4.78, 5) is 40.9. The first kappa shape index (κ1) is 35.3. The molecule has 1 atom stereocenters. The number of alkyl halides is 3. The van der Waals surface area contributed by atoms with Gasteiger partial charge in [0.25, 0.3) is 0 Å². The molecule has 0 unspecified atom stereocenters. The van der Waals surface area contributed by atoms with Gasteiger partial charge in [0.15, 0.2) is 0 Å². The average molecular weight is 628 g/mol. The number of methoxy groups -OCH3 is 1. The second kappa shape index (κ2) is 14.6. The van der Waals surface area contributed by atoms with E-state index in [1.807, 2.05) is 5.32 Å². The predicted octanol–water partition coefficient (Wildman–Crippen LogP) is 6.68. The SMILES string of the molecule is C=CC[C@H](NC(=O)OC(C)(C)C)c1nc(-c2ccc(NC(=O)OC)cc2NC(=O)C(F)(F)F)cn1COCC[Si](C)(C)C. The first-order chi connectivity index (χ1) is 19.8. The largest absolute Gasteiger partial charge is 0.471 e. The van der Waals surface area contributed by atoms with Gasteiger partial charge in [-0.2, -0.15) is 13.2 Å². The minimum Gasteiger partial charge on any atom is -0.453 e. The molecule has 0 fully saturated rings. The average Bonchev–Trinajstić information content (AvgIpc) is 3.28. The quantitative estimate of drug-likeness (QED) is 0.136. The molecule has 0 spiro atoms. The molecule has 43 heavy (non-hydrogen) atoms. The number of benzene rings is 1. The molecule has 2 rings (SSSR count). The van der Waals surface area contributed by atoms with Crippen LogP contribution in [0.15, 0.2) is 37.1 Å². The Morgan fingerprint density at radius 1 is 1.12 bits per heavy atom. The summed E-state index contributed by atoms with van der Waals surface area (Å²) in [6.07, 6.45) is -3.37. The van der Waals surface area contributed by atoms with Crippen LogP contribution in [0.4, 0.5) is 34.1 Å². The zero-order valence-corrected chi connectivity index (χ0v) is 26.5. The van der Waals surface area contributed by atoms with E-state index in [2.05, 4.69) is 46.6 Å². The number of hydrogen-bond acceptors (Lipinski definition) is 7. The summed E-state index contributed by atoms with van der Waals surface area (Å²) in [5, 5.41) is 6.98. The Bertz CT molecular complexity index is 1300. The Kier molecular flexibility index (Phi) is 12.0. The van der Waals surface area contributed by atoms with E-state index in [-0.39, 0.29) is 35.8 Å². The smallest absolute Gasteiger partial charge is 0.453 e. The van der Waals surface area contributed by atoms with Crippen LogP contribution in [0.25, 0.3) is 11.3 Å². The highest BCUT2D eigenvalue weighted by molar-refractivity contribution is 6.76. The van der Waals surface area contributed by atoms with Crippen molar-refractivity contribution in [2.45, 2.75) is 77.4 Å². The fourth-order valence-electron chi connectivity index (χ4n) is 3.64. The number of halogens is 3. The number of imidazole rings is 1. The normalized spacial score (nSPS) is 12.7. The molecule has 2 aromatic rings. The second-order valence-corrected chi connectivity index (χ2v) is 17.5. The maximum atomic E-state index is 13.2. The van der Waals surface area contributed by atoms with Gasteiger partial charge in [-0.1, -0.05) is 25.7 Å². The van der Waals surface area contributed by atoms with Gasteiger partial charge < -0.3 is 29.4 Å². The lowest BCUT2D eigenvalue weighted by Crippen LogP contribution is -2.36. The van der Waals surface area contributed by atoms with Crippen molar-refractivity contribution in [1.82, 2.24) is 14.9 Å². The van der Waals surface area contributed by atoms with Gasteiger partial charge in [-0.3, -0.25) is 10.1 Å². The first-order valence-electron chi connectivity index (χ1n) is 13.5. The number of nitrogens with one attached hydrogen (secondary N) is 3. The predicted molar refractivity (Wildman–Crippen MR) is 159 cm³/mol. The standard InChI is InChI=1S/C28H40F3N5O6Si/c1-9-10-20(35-26(39)42-27(2,3)4)23-33-22(16-36(23)17-41-13-14-43(6,7)8)19-12-11-18(32-25(38)40-5)15-21(19)34-24(37)28(29,30)31/h9,11-12,15-16,20H,1,10,13-14,17H2,2-8H3,(H,32,38)(H,34,37)(H,35,39)/t20-/m0/s1. The Morgan fingerprint density at radius 3 is 2.35 bits per heavy atom. The molecule has 11 nitrogen and oxygen atoms in total. The molecule has 0 bridgehead atoms. The van der Waals surface area contributed by atoms with Crippen LogP contribution in [0.2, 0.25) is 25.7 Å². The van der Waals surface area contributed by atoms with E-state index in [1.54, 1.807) is 37.6 Å². The minimum absolute atomic E-state index is 0.0304. The van der Waals surface area contributed by atoms with E-state index >= 15 is 0 Å². The summed E-state index contributed by atoms with van der Waals surface area (Å²) in [6.45, 7) is 16.0. The number of carbonyl (C=O) groups is 3. The van der Waals surface area contributed by atoms with Gasteiger partial charge >= 0.3 is 24.3 Å². The van der Waals surface area contributed by atoms with Crippen LogP contribution in [0, 0.1) is 0 Å². The van der Waals surface area contributed by atoms with E-state index in [0.29, 0.717) is 12.4 Å². The third-order valence-electron chi connectivity index (χ3n) is 5.67. The van der Waals surface area contributed by atoms with Crippen LogP contribution in [-0.4, -0.2) is 61.2 Å². The van der Waals surface area contributed by atoms with Gasteiger partial charge in [0, 0.05) is 32.1 Å². The summed E-state index contributed by atoms with van der Waals surface area (Å²) >= 11 is 0. The molecule has 3 amide bonds. The third-order valence-corrected chi connectivity index (χ3v) is 7.38. The highest BCUT2D eigenvalue weighted by atomic mass is 28.3. The summed E-state index contributed by atoms with van der Waals surface area (Å²) in [5.41, 5.74) is -0.684. The van der Waals surface area contributed by atoms with E-state index < -0.39 is 44.0 Å². The third kappa shape index (κ3) is 11.7. The topological polar surface area (TPSA) is 133 Å². The summed E-state index contributed by atoms with van der Waals surface area (Å²) in [5.74, 6) is -1.90. The summed E-state index contributed by atoms with van der Waals surface area (Å²) in [6, 6.07) is 4.11. The number of alkyl carbamates (subject to hydrolysis) is 1. The maximum absolute atomic E-state index is 13.2. The molecule has 0 saturated carbocycles. The lowest BCUT2D eigenvalue weighted by Gasteiger charge is -2.23. The molecular weight excluding hydrogens is 587 g/mol. The van der Waals surface area contributed by atoms with Gasteiger partial charge in [0.05, 0.1) is 24.5 Å². The van der Waals surface area contributed by atoms with E-state index in [9.17, 15) is 27.6 Å². The fourth-order valence-corrected chi connectivity index (χ4v) is 4.40. The van der Waals surface area contributed by atoms with Gasteiger partial charge in [-0.25, -0.2) is 14.6 Å². The van der Waals surface area contributed by atoms with Gasteiger partial charge in [-0.05, 0) is 51.4 Å². The molecule has 1 aromatic carbocycles. The van der Waals surface area contributed by atoms with Crippen molar-refractivity contribution in [1.29, 1.82) is 0 Å². The van der Waals surface area contributed by atoms with Crippen molar-refractivity contribution in [2.75, 3.05) is 24.4 Å². The number of amides is 3. The van der Waals surface area contributed by atoms with Crippen molar-refractivity contribution in [2.24, 2.45) is 0 Å². The first-order valence-corrected chi connectivity index (χ1v) is 17.2. The van der Waals surface area contributed by atoms with E-state index in [1.165, 1.54) is 12.1 Å². The molecule has 1 aromatic heterocycles. The number of nitrogens with zero attached hydrogens (tertiary/aromatic N) is 2. The monoisotopic (exact) mass is 627 g/mol. The molecule has 0 aliphatic carbocycles. The van der Waals surface area contributed by atoms with Crippen molar-refractivity contribution in [3.8, 4) is 11.3 Å². The molecule has 1 heterocycles. The van der Waals surface area contributed by atoms with Crippen molar-refractivity contribution in [3.05, 3.63) is 42.9 Å². The van der Waals surface area contributed by atoms with Crippen LogP contribution in [0.3, 0.4) is 0 Å². The van der Waals surface area contributed by atoms with Crippen molar-refractivity contribution >= 4 is 37.5 Å².